The lowest BCUT2D eigenvalue weighted by atomic mass is 10.0. The number of ether oxygens (including phenoxy) is 1. The highest BCUT2D eigenvalue weighted by molar-refractivity contribution is 5.82. The van der Waals surface area contributed by atoms with Crippen LogP contribution in [0.5, 0.6) is 5.75 Å². The zero-order valence-corrected chi connectivity index (χ0v) is 15.0. The van der Waals surface area contributed by atoms with Gasteiger partial charge in [-0.25, -0.2) is 8.78 Å². The molecule has 2 atom stereocenters. The van der Waals surface area contributed by atoms with Crippen LogP contribution in [0.25, 0.3) is 0 Å². The summed E-state index contributed by atoms with van der Waals surface area (Å²) in [4.78, 5) is 14.5. The average molecular weight is 355 g/mol. The first kappa shape index (κ1) is 19.6. The van der Waals surface area contributed by atoms with Crippen LogP contribution in [0.15, 0.2) is 24.3 Å². The van der Waals surface area contributed by atoms with Crippen LogP contribution in [0.3, 0.4) is 0 Å². The second-order valence-electron chi connectivity index (χ2n) is 6.25. The van der Waals surface area contributed by atoms with E-state index in [2.05, 4.69) is 29.4 Å². The highest BCUT2D eigenvalue weighted by Gasteiger charge is 2.42. The van der Waals surface area contributed by atoms with Gasteiger partial charge in [0.05, 0.1) is 25.7 Å². The smallest absolute Gasteiger partial charge is 0.262 e. The van der Waals surface area contributed by atoms with Crippen molar-refractivity contribution in [3.8, 4) is 5.75 Å². The van der Waals surface area contributed by atoms with Gasteiger partial charge in [-0.2, -0.15) is 0 Å². The standard InChI is InChI=1S/C18H27F2N3O2/c1-4-23(5-2)16(13-7-6-8-14(9-13)25-3)11-21-17(24)15-10-18(19,20)12-22-15/h6-9,15-16,22H,4-5,10-12H2,1-3H3,(H,21,24). The molecule has 0 spiro atoms. The molecule has 1 fully saturated rings. The fourth-order valence-corrected chi connectivity index (χ4v) is 3.19. The first-order valence-corrected chi connectivity index (χ1v) is 8.67. The van der Waals surface area contributed by atoms with Crippen LogP contribution in [-0.4, -0.2) is 56.1 Å². The largest absolute Gasteiger partial charge is 0.497 e. The predicted octanol–water partition coefficient (Wildman–Crippen LogP) is 2.19. The summed E-state index contributed by atoms with van der Waals surface area (Å²) in [6, 6.07) is 6.82. The van der Waals surface area contributed by atoms with Crippen molar-refractivity contribution in [3.05, 3.63) is 29.8 Å². The summed E-state index contributed by atoms with van der Waals surface area (Å²) in [7, 11) is 1.61. The fraction of sp³-hybridized carbons (Fsp3) is 0.611. The summed E-state index contributed by atoms with van der Waals surface area (Å²) in [5.74, 6) is -2.44. The Labute approximate surface area is 147 Å². The third kappa shape index (κ3) is 5.12. The van der Waals surface area contributed by atoms with Crippen LogP contribution < -0.4 is 15.4 Å². The number of methoxy groups -OCH3 is 1. The van der Waals surface area contributed by atoms with Crippen LogP contribution in [0, 0.1) is 0 Å². The third-order valence-electron chi connectivity index (χ3n) is 4.63. The van der Waals surface area contributed by atoms with Gasteiger partial charge in [0, 0.05) is 13.0 Å². The molecule has 5 nitrogen and oxygen atoms in total. The minimum Gasteiger partial charge on any atom is -0.497 e. The van der Waals surface area contributed by atoms with Crippen molar-refractivity contribution in [2.75, 3.05) is 33.3 Å². The molecule has 1 aromatic rings. The second-order valence-corrected chi connectivity index (χ2v) is 6.25. The minimum atomic E-state index is -2.81. The number of carbonyl (C=O) groups is 1. The summed E-state index contributed by atoms with van der Waals surface area (Å²) in [5.41, 5.74) is 1.02. The predicted molar refractivity (Wildman–Crippen MR) is 93.0 cm³/mol. The van der Waals surface area contributed by atoms with E-state index in [1.165, 1.54) is 0 Å². The van der Waals surface area contributed by atoms with Gasteiger partial charge in [0.15, 0.2) is 0 Å². The molecular weight excluding hydrogens is 328 g/mol. The summed E-state index contributed by atoms with van der Waals surface area (Å²) < 4.78 is 31.8. The number of halogens is 2. The van der Waals surface area contributed by atoms with Crippen molar-refractivity contribution in [2.24, 2.45) is 0 Å². The molecule has 0 radical (unpaired) electrons. The van der Waals surface area contributed by atoms with Crippen LogP contribution in [0.1, 0.15) is 31.9 Å². The molecule has 1 saturated heterocycles. The molecule has 0 saturated carbocycles. The summed E-state index contributed by atoms with van der Waals surface area (Å²) >= 11 is 0. The van der Waals surface area contributed by atoms with Gasteiger partial charge in [-0.15, -0.1) is 0 Å². The molecule has 0 aromatic heterocycles. The van der Waals surface area contributed by atoms with Crippen LogP contribution in [0.4, 0.5) is 8.78 Å². The van der Waals surface area contributed by atoms with E-state index in [4.69, 9.17) is 4.74 Å². The normalized spacial score (nSPS) is 20.5. The van der Waals surface area contributed by atoms with Gasteiger partial charge in [-0.05, 0) is 30.8 Å². The zero-order chi connectivity index (χ0) is 18.4. The average Bonchev–Trinajstić information content (AvgIpc) is 2.98. The number of carbonyl (C=O) groups excluding carboxylic acids is 1. The maximum Gasteiger partial charge on any atom is 0.262 e. The number of nitrogens with zero attached hydrogens (tertiary/aromatic N) is 1. The lowest BCUT2D eigenvalue weighted by Crippen LogP contribution is -2.44. The summed E-state index contributed by atoms with van der Waals surface area (Å²) in [5, 5.41) is 5.42. The maximum absolute atomic E-state index is 13.3. The molecule has 2 rings (SSSR count). The van der Waals surface area contributed by atoms with Gasteiger partial charge in [-0.1, -0.05) is 26.0 Å². The lowest BCUT2D eigenvalue weighted by molar-refractivity contribution is -0.123. The Morgan fingerprint density at radius 2 is 2.16 bits per heavy atom. The SMILES string of the molecule is CCN(CC)C(CNC(=O)C1CC(F)(F)CN1)c1cccc(OC)c1. The molecule has 140 valence electrons. The summed E-state index contributed by atoms with van der Waals surface area (Å²) in [6.07, 6.45) is -0.450. The Kier molecular flexibility index (Phi) is 6.72. The summed E-state index contributed by atoms with van der Waals surface area (Å²) in [6.45, 7) is 5.65. The molecule has 1 heterocycles. The van der Waals surface area contributed by atoms with Crippen molar-refractivity contribution < 1.29 is 18.3 Å². The Bertz CT molecular complexity index is 579. The van der Waals surface area contributed by atoms with Gasteiger partial charge < -0.3 is 10.1 Å². The van der Waals surface area contributed by atoms with Crippen LogP contribution in [-0.2, 0) is 4.79 Å². The molecule has 7 heteroatoms. The highest BCUT2D eigenvalue weighted by Crippen LogP contribution is 2.26. The highest BCUT2D eigenvalue weighted by atomic mass is 19.3. The molecule has 1 aromatic carbocycles. The van der Waals surface area contributed by atoms with E-state index in [1.807, 2.05) is 24.3 Å². The third-order valence-corrected chi connectivity index (χ3v) is 4.63. The number of rotatable bonds is 8. The number of nitrogens with one attached hydrogen (secondary N) is 2. The van der Waals surface area contributed by atoms with Gasteiger partial charge in [0.25, 0.3) is 5.92 Å². The molecular formula is C18H27F2N3O2. The van der Waals surface area contributed by atoms with Gasteiger partial charge >= 0.3 is 0 Å². The Balaban J connectivity index is 2.07. The monoisotopic (exact) mass is 355 g/mol. The quantitative estimate of drug-likeness (QED) is 0.751. The number of alkyl halides is 2. The van der Waals surface area contributed by atoms with Crippen LogP contribution >= 0.6 is 0 Å². The van der Waals surface area contributed by atoms with E-state index >= 15 is 0 Å². The topological polar surface area (TPSA) is 53.6 Å². The van der Waals surface area contributed by atoms with E-state index in [-0.39, 0.29) is 11.9 Å². The van der Waals surface area contributed by atoms with E-state index in [9.17, 15) is 13.6 Å². The van der Waals surface area contributed by atoms with E-state index in [1.54, 1.807) is 7.11 Å². The van der Waals surface area contributed by atoms with Crippen molar-refractivity contribution in [1.29, 1.82) is 0 Å². The Morgan fingerprint density at radius 3 is 2.72 bits per heavy atom. The number of likely N-dealkylation sites (N-methyl/N-ethyl adjacent to an activating group) is 1. The molecule has 1 aliphatic rings. The minimum absolute atomic E-state index is 0.0454. The maximum atomic E-state index is 13.3. The van der Waals surface area contributed by atoms with Crippen LogP contribution in [0.2, 0.25) is 0 Å². The molecule has 2 N–H and O–H groups in total. The first-order chi connectivity index (χ1) is 11.9. The Morgan fingerprint density at radius 1 is 1.44 bits per heavy atom. The van der Waals surface area contributed by atoms with Crippen molar-refractivity contribution >= 4 is 5.91 Å². The molecule has 0 aliphatic carbocycles. The van der Waals surface area contributed by atoms with Crippen molar-refractivity contribution in [1.82, 2.24) is 15.5 Å². The molecule has 25 heavy (non-hydrogen) atoms. The first-order valence-electron chi connectivity index (χ1n) is 8.67. The molecule has 2 unspecified atom stereocenters. The number of hydrogen-bond acceptors (Lipinski definition) is 4. The van der Waals surface area contributed by atoms with E-state index < -0.39 is 24.9 Å². The van der Waals surface area contributed by atoms with Gasteiger partial charge in [0.1, 0.15) is 5.75 Å². The second kappa shape index (κ2) is 8.58. The lowest BCUT2D eigenvalue weighted by Gasteiger charge is -2.30. The van der Waals surface area contributed by atoms with E-state index in [0.717, 1.165) is 24.4 Å². The van der Waals surface area contributed by atoms with Gasteiger partial charge in [-0.3, -0.25) is 15.0 Å². The number of amides is 1. The Hall–Kier alpha value is -1.73. The van der Waals surface area contributed by atoms with Crippen molar-refractivity contribution in [3.63, 3.8) is 0 Å². The molecule has 0 bridgehead atoms. The zero-order valence-electron chi connectivity index (χ0n) is 15.0. The molecule has 1 aliphatic heterocycles. The van der Waals surface area contributed by atoms with Crippen molar-refractivity contribution in [2.45, 2.75) is 38.3 Å². The number of hydrogen-bond donors (Lipinski definition) is 2. The van der Waals surface area contributed by atoms with E-state index in [0.29, 0.717) is 6.54 Å². The van der Waals surface area contributed by atoms with Gasteiger partial charge in [0.2, 0.25) is 5.91 Å². The fourth-order valence-electron chi connectivity index (χ4n) is 3.19. The molecule has 1 amide bonds. The number of benzene rings is 1.